The van der Waals surface area contributed by atoms with Gasteiger partial charge >= 0.3 is 0 Å². The van der Waals surface area contributed by atoms with Gasteiger partial charge in [-0.25, -0.2) is 14.6 Å². The maximum Gasteiger partial charge on any atom is 0.288 e. The smallest absolute Gasteiger partial charge is 0.288 e. The average Bonchev–Trinajstić information content (AvgIpc) is 3.21. The zero-order valence-electron chi connectivity index (χ0n) is 17.9. The Morgan fingerprint density at radius 2 is 1.59 bits per heavy atom. The number of nitrogens with zero attached hydrogens (tertiary/aromatic N) is 6. The van der Waals surface area contributed by atoms with Crippen LogP contribution in [0.2, 0.25) is 5.02 Å². The summed E-state index contributed by atoms with van der Waals surface area (Å²) in [6, 6.07) is 10.1. The fourth-order valence-electron chi connectivity index (χ4n) is 4.72. The van der Waals surface area contributed by atoms with E-state index in [1.54, 1.807) is 12.4 Å². The third-order valence-electron chi connectivity index (χ3n) is 6.58. The molecule has 1 aliphatic carbocycles. The molecule has 7 nitrogen and oxygen atoms in total. The van der Waals surface area contributed by atoms with Crippen molar-refractivity contribution in [2.75, 3.05) is 31.1 Å². The number of piperazine rings is 1. The van der Waals surface area contributed by atoms with Gasteiger partial charge in [0, 0.05) is 49.5 Å². The summed E-state index contributed by atoms with van der Waals surface area (Å²) in [5.41, 5.74) is 1.37. The minimum Gasteiger partial charge on any atom is -0.414 e. The van der Waals surface area contributed by atoms with E-state index in [-0.39, 0.29) is 0 Å². The van der Waals surface area contributed by atoms with E-state index in [1.165, 1.54) is 5.56 Å². The van der Waals surface area contributed by atoms with Crippen molar-refractivity contribution in [3.8, 4) is 0 Å². The Bertz CT molecular complexity index is 1070. The van der Waals surface area contributed by atoms with Crippen LogP contribution in [0, 0.1) is 4.84 Å². The standard InChI is InChI=1S/C23H27ClN6OS/c24-20-8-6-18(7-9-20)17-2-4-19(5-3-17)21-27-30(23(32)31-21)16-28-12-14-29(15-13-28)22-25-10-1-11-26-22/h1,6-11,17,19H,2-5,12-16H2. The average molecular weight is 471 g/mol. The second-order valence-corrected chi connectivity index (χ2v) is 9.39. The summed E-state index contributed by atoms with van der Waals surface area (Å²) in [5.74, 6) is 2.51. The maximum atomic E-state index is 6.03. The summed E-state index contributed by atoms with van der Waals surface area (Å²) in [6.45, 7) is 4.25. The van der Waals surface area contributed by atoms with Gasteiger partial charge in [0.2, 0.25) is 11.8 Å². The van der Waals surface area contributed by atoms with Gasteiger partial charge in [-0.05, 0) is 67.6 Å². The normalized spacial score (nSPS) is 22.2. The molecule has 0 unspecified atom stereocenters. The molecule has 1 saturated carbocycles. The molecule has 3 heterocycles. The minimum atomic E-state index is 0.341. The molecule has 2 aromatic heterocycles. The van der Waals surface area contributed by atoms with Crippen LogP contribution >= 0.6 is 23.8 Å². The largest absolute Gasteiger partial charge is 0.414 e. The van der Waals surface area contributed by atoms with Crippen molar-refractivity contribution in [3.63, 3.8) is 0 Å². The Hall–Kier alpha value is -2.29. The minimum absolute atomic E-state index is 0.341. The topological polar surface area (TPSA) is 63.2 Å². The van der Waals surface area contributed by atoms with Crippen LogP contribution in [0.15, 0.2) is 47.1 Å². The zero-order valence-corrected chi connectivity index (χ0v) is 19.5. The van der Waals surface area contributed by atoms with Gasteiger partial charge in [-0.1, -0.05) is 23.7 Å². The summed E-state index contributed by atoms with van der Waals surface area (Å²) in [7, 11) is 0. The van der Waals surface area contributed by atoms with Crippen LogP contribution in [-0.2, 0) is 6.67 Å². The van der Waals surface area contributed by atoms with Crippen LogP contribution < -0.4 is 4.90 Å². The highest BCUT2D eigenvalue weighted by molar-refractivity contribution is 7.71. The Labute approximate surface area is 198 Å². The number of rotatable bonds is 5. The first-order chi connectivity index (χ1) is 15.7. The van der Waals surface area contributed by atoms with Crippen molar-refractivity contribution in [1.29, 1.82) is 0 Å². The molecule has 2 fully saturated rings. The fourth-order valence-corrected chi connectivity index (χ4v) is 5.03. The molecule has 32 heavy (non-hydrogen) atoms. The molecule has 0 atom stereocenters. The predicted octanol–water partition coefficient (Wildman–Crippen LogP) is 4.87. The maximum absolute atomic E-state index is 6.03. The molecule has 0 radical (unpaired) electrons. The first kappa shape index (κ1) is 21.6. The SMILES string of the molecule is S=c1oc(C2CCC(c3ccc(Cl)cc3)CC2)nn1CN1CCN(c2ncccn2)CC1. The molecule has 3 aromatic rings. The highest BCUT2D eigenvalue weighted by Gasteiger charge is 2.27. The van der Waals surface area contributed by atoms with Crippen LogP contribution in [0.3, 0.4) is 0 Å². The molecular formula is C23H27ClN6OS. The summed E-state index contributed by atoms with van der Waals surface area (Å²) >= 11 is 11.5. The second kappa shape index (κ2) is 9.68. The molecule has 0 amide bonds. The number of benzene rings is 1. The van der Waals surface area contributed by atoms with Crippen molar-refractivity contribution < 1.29 is 4.42 Å². The molecule has 0 spiro atoms. The lowest BCUT2D eigenvalue weighted by Crippen LogP contribution is -2.47. The molecule has 0 bridgehead atoms. The first-order valence-electron chi connectivity index (χ1n) is 11.2. The Morgan fingerprint density at radius 1 is 0.938 bits per heavy atom. The van der Waals surface area contributed by atoms with Crippen LogP contribution in [-0.4, -0.2) is 50.8 Å². The van der Waals surface area contributed by atoms with E-state index in [2.05, 4.69) is 31.9 Å². The number of aromatic nitrogens is 4. The molecule has 1 aliphatic heterocycles. The monoisotopic (exact) mass is 470 g/mol. The van der Waals surface area contributed by atoms with E-state index < -0.39 is 0 Å². The van der Waals surface area contributed by atoms with Gasteiger partial charge in [0.15, 0.2) is 0 Å². The lowest BCUT2D eigenvalue weighted by atomic mass is 9.79. The van der Waals surface area contributed by atoms with E-state index in [9.17, 15) is 0 Å². The van der Waals surface area contributed by atoms with Gasteiger partial charge in [0.25, 0.3) is 4.84 Å². The second-order valence-electron chi connectivity index (χ2n) is 8.60. The molecule has 0 N–H and O–H groups in total. The van der Waals surface area contributed by atoms with Crippen LogP contribution in [0.25, 0.3) is 0 Å². The quantitative estimate of drug-likeness (QED) is 0.493. The van der Waals surface area contributed by atoms with Gasteiger partial charge in [0.1, 0.15) is 0 Å². The molecule has 1 saturated heterocycles. The molecule has 1 aromatic carbocycles. The Balaban J connectivity index is 1.15. The van der Waals surface area contributed by atoms with Crippen molar-refractivity contribution in [2.45, 2.75) is 44.2 Å². The highest BCUT2D eigenvalue weighted by atomic mass is 35.5. The molecule has 5 rings (SSSR count). The van der Waals surface area contributed by atoms with Crippen LogP contribution in [0.4, 0.5) is 5.95 Å². The summed E-state index contributed by atoms with van der Waals surface area (Å²) in [4.78, 5) is 13.7. The lowest BCUT2D eigenvalue weighted by Gasteiger charge is -2.34. The summed E-state index contributed by atoms with van der Waals surface area (Å²) < 4.78 is 7.77. The van der Waals surface area contributed by atoms with E-state index >= 15 is 0 Å². The fraction of sp³-hybridized carbons (Fsp3) is 0.478. The van der Waals surface area contributed by atoms with Gasteiger partial charge in [-0.15, -0.1) is 5.10 Å². The summed E-state index contributed by atoms with van der Waals surface area (Å²) in [6.07, 6.45) is 7.97. The zero-order chi connectivity index (χ0) is 21.9. The number of hydrogen-bond donors (Lipinski definition) is 0. The summed E-state index contributed by atoms with van der Waals surface area (Å²) in [5, 5.41) is 5.55. The highest BCUT2D eigenvalue weighted by Crippen LogP contribution is 2.40. The number of halogens is 1. The van der Waals surface area contributed by atoms with Crippen LogP contribution in [0.5, 0.6) is 0 Å². The Kier molecular flexibility index (Phi) is 6.52. The van der Waals surface area contributed by atoms with E-state index in [0.29, 0.717) is 23.3 Å². The molecule has 168 valence electrons. The van der Waals surface area contributed by atoms with E-state index in [0.717, 1.165) is 68.7 Å². The third kappa shape index (κ3) is 4.87. The van der Waals surface area contributed by atoms with Crippen molar-refractivity contribution in [1.82, 2.24) is 24.6 Å². The van der Waals surface area contributed by atoms with Gasteiger partial charge in [0.05, 0.1) is 6.67 Å². The van der Waals surface area contributed by atoms with Crippen LogP contribution in [0.1, 0.15) is 49.0 Å². The van der Waals surface area contributed by atoms with Crippen molar-refractivity contribution >= 4 is 29.8 Å². The molecule has 2 aliphatic rings. The van der Waals surface area contributed by atoms with E-state index in [4.69, 9.17) is 33.3 Å². The van der Waals surface area contributed by atoms with Gasteiger partial charge in [-0.2, -0.15) is 0 Å². The predicted molar refractivity (Wildman–Crippen MR) is 127 cm³/mol. The first-order valence-corrected chi connectivity index (χ1v) is 12.0. The van der Waals surface area contributed by atoms with Crippen molar-refractivity contribution in [3.05, 3.63) is 64.0 Å². The van der Waals surface area contributed by atoms with Gasteiger partial charge in [-0.3, -0.25) is 4.90 Å². The molecular weight excluding hydrogens is 444 g/mol. The number of anilines is 1. The third-order valence-corrected chi connectivity index (χ3v) is 7.13. The number of hydrogen-bond acceptors (Lipinski definition) is 7. The lowest BCUT2D eigenvalue weighted by molar-refractivity contribution is 0.191. The Morgan fingerprint density at radius 3 is 2.28 bits per heavy atom. The van der Waals surface area contributed by atoms with Crippen molar-refractivity contribution in [2.24, 2.45) is 0 Å². The molecule has 9 heteroatoms. The van der Waals surface area contributed by atoms with E-state index in [1.807, 2.05) is 22.9 Å². The van der Waals surface area contributed by atoms with Gasteiger partial charge < -0.3 is 9.32 Å².